The van der Waals surface area contributed by atoms with Gasteiger partial charge in [-0.2, -0.15) is 26.3 Å². The van der Waals surface area contributed by atoms with Crippen LogP contribution < -0.4 is 0 Å². The summed E-state index contributed by atoms with van der Waals surface area (Å²) in [6.45, 7) is 0. The van der Waals surface area contributed by atoms with E-state index in [1.54, 1.807) is 0 Å². The van der Waals surface area contributed by atoms with Crippen molar-refractivity contribution in [2.45, 2.75) is 21.8 Å². The van der Waals surface area contributed by atoms with E-state index in [4.69, 9.17) is 0 Å². The highest BCUT2D eigenvalue weighted by Gasteiger charge is 2.46. The highest BCUT2D eigenvalue weighted by Crippen LogP contribution is 2.42. The van der Waals surface area contributed by atoms with Gasteiger partial charge in [-0.3, -0.25) is 0 Å². The van der Waals surface area contributed by atoms with Crippen LogP contribution >= 0.6 is 35.0 Å². The minimum absolute atomic E-state index is 0.606. The van der Waals surface area contributed by atoms with Crippen LogP contribution in [0, 0.1) is 0 Å². The first-order valence-corrected chi connectivity index (χ1v) is 4.43. The third-order valence-corrected chi connectivity index (χ3v) is 2.88. The number of halogens is 8. The van der Waals surface area contributed by atoms with E-state index in [2.05, 4.69) is 23.2 Å². The van der Waals surface area contributed by atoms with E-state index in [9.17, 15) is 26.3 Å². The maximum atomic E-state index is 11.6. The van der Waals surface area contributed by atoms with Crippen molar-refractivity contribution in [3.8, 4) is 0 Å². The topological polar surface area (TPSA) is 0 Å². The molecule has 0 spiro atoms. The molecule has 9 heteroatoms. The van der Waals surface area contributed by atoms with Crippen molar-refractivity contribution in [1.82, 2.24) is 0 Å². The van der Waals surface area contributed by atoms with E-state index in [0.717, 1.165) is 0 Å². The molecule has 0 fully saturated rings. The van der Waals surface area contributed by atoms with Crippen LogP contribution in [0.15, 0.2) is 0 Å². The molecule has 0 aromatic carbocycles. The van der Waals surface area contributed by atoms with Crippen LogP contribution in [0.4, 0.5) is 26.3 Å². The third-order valence-electron chi connectivity index (χ3n) is 0.754. The summed E-state index contributed by atoms with van der Waals surface area (Å²) in [5.74, 6) is 0. The van der Waals surface area contributed by atoms with Gasteiger partial charge in [0.1, 0.15) is 0 Å². The summed E-state index contributed by atoms with van der Waals surface area (Å²) in [5.41, 5.74) is 0. The van der Waals surface area contributed by atoms with Gasteiger partial charge in [-0.05, 0) is 0 Å². The molecule has 0 saturated carbocycles. The summed E-state index contributed by atoms with van der Waals surface area (Å²) >= 11 is 8.62. The van der Waals surface area contributed by atoms with Gasteiger partial charge in [0.2, 0.25) is 0 Å². The second kappa shape index (κ2) is 4.35. The Hall–Kier alpha value is 0.510. The van der Waals surface area contributed by atoms with Crippen LogP contribution in [0.1, 0.15) is 0 Å². The van der Waals surface area contributed by atoms with Crippen LogP contribution in [0.5, 0.6) is 0 Å². The van der Waals surface area contributed by atoms with Crippen molar-refractivity contribution in [2.75, 3.05) is 0 Å². The summed E-state index contributed by atoms with van der Waals surface area (Å²) in [6.07, 6.45) is -9.80. The fraction of sp³-hybridized carbons (Fsp3) is 1.00. The number of thioether (sulfide) groups is 1. The number of rotatable bonds is 2. The minimum atomic E-state index is -4.90. The van der Waals surface area contributed by atoms with Crippen LogP contribution in [0.2, 0.25) is 0 Å². The van der Waals surface area contributed by atoms with Gasteiger partial charge < -0.3 is 0 Å². The lowest BCUT2D eigenvalue weighted by Crippen LogP contribution is -2.27. The largest absolute Gasteiger partial charge is 0.414 e. The molecule has 0 heterocycles. The van der Waals surface area contributed by atoms with Gasteiger partial charge in [0, 0.05) is 0 Å². The van der Waals surface area contributed by atoms with Crippen molar-refractivity contribution in [3.05, 3.63) is 0 Å². The van der Waals surface area contributed by atoms with Crippen LogP contribution in [0.3, 0.4) is 0 Å². The Balaban J connectivity index is 4.15. The van der Waals surface area contributed by atoms with Crippen LogP contribution in [-0.4, -0.2) is 21.8 Å². The quantitative estimate of drug-likeness (QED) is 0.538. The lowest BCUT2D eigenvalue weighted by molar-refractivity contribution is -0.119. The molecule has 80 valence electrons. The molecule has 0 saturated heterocycles. The molecule has 2 unspecified atom stereocenters. The van der Waals surface area contributed by atoms with Crippen molar-refractivity contribution >= 4 is 35.0 Å². The molecule has 0 amide bonds. The van der Waals surface area contributed by atoms with Crippen molar-refractivity contribution in [3.63, 3.8) is 0 Å². The summed E-state index contributed by atoms with van der Waals surface area (Å²) in [6, 6.07) is 0. The smallest absolute Gasteiger partial charge is 0.168 e. The van der Waals surface area contributed by atoms with Crippen molar-refractivity contribution in [2.24, 2.45) is 0 Å². The van der Waals surface area contributed by atoms with Gasteiger partial charge in [-0.1, -0.05) is 0 Å². The molecule has 0 nitrogen and oxygen atoms in total. The normalized spacial score (nSPS) is 18.5. The molecular formula is C4H2Cl2F6S. The molecule has 0 aliphatic heterocycles. The predicted octanol–water partition coefficient (Wildman–Crippen LogP) is 3.97. The second-order valence-electron chi connectivity index (χ2n) is 1.85. The number of hydrogen-bond donors (Lipinski definition) is 0. The molecule has 0 bridgehead atoms. The summed E-state index contributed by atoms with van der Waals surface area (Å²) in [4.78, 5) is 0. The van der Waals surface area contributed by atoms with Gasteiger partial charge in [0.05, 0.1) is 0 Å². The Kier molecular flexibility index (Phi) is 4.52. The third kappa shape index (κ3) is 5.07. The Morgan fingerprint density at radius 3 is 1.15 bits per heavy atom. The standard InChI is InChI=1S/C4H2Cl2F6S/c5-1(3(7,8)9)13-2(6)4(10,11)12/h1-2H. The van der Waals surface area contributed by atoms with Crippen molar-refractivity contribution < 1.29 is 26.3 Å². The van der Waals surface area contributed by atoms with Gasteiger partial charge in [-0.15, -0.1) is 35.0 Å². The maximum absolute atomic E-state index is 11.6. The molecule has 0 aromatic heterocycles. The zero-order valence-electron chi connectivity index (χ0n) is 5.59. The molecule has 0 aliphatic carbocycles. The first kappa shape index (κ1) is 13.5. The van der Waals surface area contributed by atoms with E-state index < -0.39 is 33.5 Å². The van der Waals surface area contributed by atoms with Gasteiger partial charge >= 0.3 is 12.4 Å². The van der Waals surface area contributed by atoms with E-state index in [0.29, 0.717) is 0 Å². The SMILES string of the molecule is FC(F)(F)C(Cl)SC(Cl)C(F)(F)F. The molecule has 0 radical (unpaired) electrons. The average molecular weight is 267 g/mol. The second-order valence-corrected chi connectivity index (χ2v) is 4.46. The van der Waals surface area contributed by atoms with E-state index >= 15 is 0 Å². The van der Waals surface area contributed by atoms with Crippen molar-refractivity contribution in [1.29, 1.82) is 0 Å². The lowest BCUT2D eigenvalue weighted by Gasteiger charge is -2.18. The molecule has 0 N–H and O–H groups in total. The lowest BCUT2D eigenvalue weighted by atomic mass is 10.8. The maximum Gasteiger partial charge on any atom is 0.414 e. The van der Waals surface area contributed by atoms with Gasteiger partial charge in [0.25, 0.3) is 0 Å². The molecule has 2 atom stereocenters. The summed E-state index contributed by atoms with van der Waals surface area (Å²) in [7, 11) is 0. The first-order chi connectivity index (χ1) is 5.55. The average Bonchev–Trinajstić information content (AvgIpc) is 1.82. The van der Waals surface area contributed by atoms with Crippen LogP contribution in [0.25, 0.3) is 0 Å². The monoisotopic (exact) mass is 266 g/mol. The molecule has 0 aliphatic rings. The summed E-state index contributed by atoms with van der Waals surface area (Å²) in [5, 5.41) is 0. The Labute approximate surface area is 83.6 Å². The highest BCUT2D eigenvalue weighted by atomic mass is 35.5. The summed E-state index contributed by atoms with van der Waals surface area (Å²) < 4.78 is 64.4. The molecule has 0 aromatic rings. The first-order valence-electron chi connectivity index (χ1n) is 2.62. The van der Waals surface area contributed by atoms with Gasteiger partial charge in [-0.25, -0.2) is 0 Å². The Morgan fingerprint density at radius 1 is 0.769 bits per heavy atom. The van der Waals surface area contributed by atoms with E-state index in [1.165, 1.54) is 0 Å². The van der Waals surface area contributed by atoms with E-state index in [-0.39, 0.29) is 0 Å². The minimum Gasteiger partial charge on any atom is -0.168 e. The van der Waals surface area contributed by atoms with Gasteiger partial charge in [0.15, 0.2) is 9.42 Å². The van der Waals surface area contributed by atoms with E-state index in [1.807, 2.05) is 0 Å². The fourth-order valence-electron chi connectivity index (χ4n) is 0.259. The zero-order valence-corrected chi connectivity index (χ0v) is 7.92. The Morgan fingerprint density at radius 2 is 1.00 bits per heavy atom. The molecule has 13 heavy (non-hydrogen) atoms. The highest BCUT2D eigenvalue weighted by molar-refractivity contribution is 8.02. The molecule has 0 rings (SSSR count). The number of hydrogen-bond acceptors (Lipinski definition) is 1. The molecular weight excluding hydrogens is 265 g/mol. The van der Waals surface area contributed by atoms with Crippen LogP contribution in [-0.2, 0) is 0 Å². The number of alkyl halides is 8. The fourth-order valence-corrected chi connectivity index (χ4v) is 1.55. The Bertz CT molecular complexity index is 147. The zero-order chi connectivity index (χ0) is 10.9. The predicted molar refractivity (Wildman–Crippen MR) is 39.0 cm³/mol.